The summed E-state index contributed by atoms with van der Waals surface area (Å²) in [6, 6.07) is 13.5. The highest BCUT2D eigenvalue weighted by atomic mass is 16.2. The van der Waals surface area contributed by atoms with Gasteiger partial charge in [-0.05, 0) is 50.8 Å². The van der Waals surface area contributed by atoms with Crippen LogP contribution in [0, 0.1) is 0 Å². The maximum Gasteiger partial charge on any atom is 0.271 e. The lowest BCUT2D eigenvalue weighted by atomic mass is 10.00. The molecule has 150 valence electrons. The topological polar surface area (TPSA) is 62.2 Å². The average molecular weight is 382 g/mol. The van der Waals surface area contributed by atoms with Crippen LogP contribution in [0.1, 0.15) is 60.7 Å². The van der Waals surface area contributed by atoms with Gasteiger partial charge < -0.3 is 10.6 Å². The van der Waals surface area contributed by atoms with Crippen molar-refractivity contribution in [2.24, 2.45) is 0 Å². The van der Waals surface area contributed by atoms with Crippen LogP contribution in [0.3, 0.4) is 0 Å². The molecule has 2 aromatic rings. The molecule has 4 rings (SSSR count). The number of benzene rings is 1. The van der Waals surface area contributed by atoms with Crippen molar-refractivity contribution in [1.29, 1.82) is 0 Å². The summed E-state index contributed by atoms with van der Waals surface area (Å²) in [7, 11) is 0. The molecule has 2 fully saturated rings. The van der Waals surface area contributed by atoms with Crippen LogP contribution < -0.4 is 10.6 Å². The second-order valence-electron chi connectivity index (χ2n) is 8.05. The first-order valence-electron chi connectivity index (χ1n) is 10.6. The lowest BCUT2D eigenvalue weighted by Crippen LogP contribution is -2.45. The lowest BCUT2D eigenvalue weighted by molar-refractivity contribution is 0.0889. The lowest BCUT2D eigenvalue weighted by Gasteiger charge is -2.36. The predicted octanol–water partition coefficient (Wildman–Crippen LogP) is 2.76. The Morgan fingerprint density at radius 2 is 1.96 bits per heavy atom. The summed E-state index contributed by atoms with van der Waals surface area (Å²) < 4.78 is 1.95. The molecule has 2 saturated heterocycles. The largest absolute Gasteiger partial charge is 0.348 e. The second kappa shape index (κ2) is 8.88. The Labute approximate surface area is 167 Å². The molecule has 6 nitrogen and oxygen atoms in total. The molecule has 6 heteroatoms. The third-order valence-corrected chi connectivity index (χ3v) is 6.18. The van der Waals surface area contributed by atoms with Crippen molar-refractivity contribution in [2.75, 3.05) is 26.2 Å². The Kier molecular flexibility index (Phi) is 6.07. The number of nitrogens with one attached hydrogen (secondary N) is 2. The molecule has 0 bridgehead atoms. The van der Waals surface area contributed by atoms with Gasteiger partial charge in [-0.15, -0.1) is 0 Å². The number of rotatable bonds is 5. The number of amides is 1. The van der Waals surface area contributed by atoms with Crippen LogP contribution in [0.15, 0.2) is 42.6 Å². The summed E-state index contributed by atoms with van der Waals surface area (Å²) in [5.41, 5.74) is 1.89. The fraction of sp³-hybridized carbons (Fsp3) is 0.545. The van der Waals surface area contributed by atoms with Crippen LogP contribution in [-0.2, 0) is 0 Å². The molecule has 0 saturated carbocycles. The molecule has 2 N–H and O–H groups in total. The molecule has 0 spiro atoms. The Balaban J connectivity index is 1.28. The fourth-order valence-electron chi connectivity index (χ4n) is 4.35. The molecule has 2 atom stereocenters. The van der Waals surface area contributed by atoms with Gasteiger partial charge in [0.05, 0.1) is 6.04 Å². The van der Waals surface area contributed by atoms with E-state index in [0.717, 1.165) is 51.9 Å². The van der Waals surface area contributed by atoms with Crippen LogP contribution in [0.4, 0.5) is 0 Å². The second-order valence-corrected chi connectivity index (χ2v) is 8.05. The Hall–Kier alpha value is -2.18. The number of carbonyl (C=O) groups excluding carboxylic acids is 1. The van der Waals surface area contributed by atoms with E-state index >= 15 is 0 Å². The normalized spacial score (nSPS) is 22.7. The van der Waals surface area contributed by atoms with Crippen molar-refractivity contribution in [1.82, 2.24) is 25.3 Å². The maximum absolute atomic E-state index is 12.6. The minimum atomic E-state index is -0.0444. The number of piperidine rings is 2. The maximum atomic E-state index is 12.6. The standard InChI is InChI=1S/C22H31N5O/c1-17(18-6-3-2-4-7-18)26-13-9-19(10-14-26)24-22(28)21-11-15-27(25-21)20-8-5-12-23-16-20/h2-4,6-7,11,15,17,19-20,23H,5,8-10,12-14,16H2,1H3,(H,24,28). The molecule has 1 amide bonds. The summed E-state index contributed by atoms with van der Waals surface area (Å²) in [6.45, 7) is 6.28. The summed E-state index contributed by atoms with van der Waals surface area (Å²) in [5.74, 6) is -0.0444. The van der Waals surface area contributed by atoms with Crippen molar-refractivity contribution in [3.8, 4) is 0 Å². The molecular weight excluding hydrogens is 350 g/mol. The van der Waals surface area contributed by atoms with Gasteiger partial charge in [0.25, 0.3) is 5.91 Å². The van der Waals surface area contributed by atoms with Gasteiger partial charge in [0.2, 0.25) is 0 Å². The van der Waals surface area contributed by atoms with Gasteiger partial charge in [0, 0.05) is 37.9 Å². The number of hydrogen-bond acceptors (Lipinski definition) is 4. The summed E-state index contributed by atoms with van der Waals surface area (Å²) in [5, 5.41) is 11.1. The van der Waals surface area contributed by atoms with E-state index in [1.807, 2.05) is 16.9 Å². The van der Waals surface area contributed by atoms with Crippen molar-refractivity contribution in [3.05, 3.63) is 53.9 Å². The van der Waals surface area contributed by atoms with Crippen LogP contribution in [0.2, 0.25) is 0 Å². The van der Waals surface area contributed by atoms with Gasteiger partial charge in [-0.2, -0.15) is 5.10 Å². The summed E-state index contributed by atoms with van der Waals surface area (Å²) in [4.78, 5) is 15.1. The van der Waals surface area contributed by atoms with E-state index in [1.165, 1.54) is 5.56 Å². The van der Waals surface area contributed by atoms with E-state index < -0.39 is 0 Å². The fourth-order valence-corrected chi connectivity index (χ4v) is 4.35. The summed E-state index contributed by atoms with van der Waals surface area (Å²) >= 11 is 0. The van der Waals surface area contributed by atoms with Gasteiger partial charge in [-0.3, -0.25) is 14.4 Å². The van der Waals surface area contributed by atoms with Crippen molar-refractivity contribution in [2.45, 2.75) is 50.7 Å². The minimum absolute atomic E-state index is 0.0444. The zero-order chi connectivity index (χ0) is 19.3. The average Bonchev–Trinajstić information content (AvgIpc) is 3.26. The summed E-state index contributed by atoms with van der Waals surface area (Å²) in [6.07, 6.45) is 6.18. The highest BCUT2D eigenvalue weighted by Gasteiger charge is 2.25. The number of hydrogen-bond donors (Lipinski definition) is 2. The Bertz CT molecular complexity index is 760. The van der Waals surface area contributed by atoms with Gasteiger partial charge in [-0.1, -0.05) is 30.3 Å². The van der Waals surface area contributed by atoms with Crippen molar-refractivity contribution in [3.63, 3.8) is 0 Å². The zero-order valence-corrected chi connectivity index (χ0v) is 16.7. The van der Waals surface area contributed by atoms with E-state index in [9.17, 15) is 4.79 Å². The Morgan fingerprint density at radius 1 is 1.18 bits per heavy atom. The highest BCUT2D eigenvalue weighted by molar-refractivity contribution is 5.92. The molecule has 1 aromatic carbocycles. The third kappa shape index (κ3) is 4.45. The molecule has 1 aromatic heterocycles. The zero-order valence-electron chi connectivity index (χ0n) is 16.7. The molecule has 0 radical (unpaired) electrons. The van der Waals surface area contributed by atoms with Crippen LogP contribution in [0.5, 0.6) is 0 Å². The van der Waals surface area contributed by atoms with Crippen molar-refractivity contribution >= 4 is 5.91 Å². The quantitative estimate of drug-likeness (QED) is 0.836. The number of carbonyl (C=O) groups is 1. The first-order chi connectivity index (χ1) is 13.7. The first kappa shape index (κ1) is 19.2. The minimum Gasteiger partial charge on any atom is -0.348 e. The third-order valence-electron chi connectivity index (χ3n) is 6.18. The van der Waals surface area contributed by atoms with Gasteiger partial charge in [-0.25, -0.2) is 0 Å². The van der Waals surface area contributed by atoms with Crippen LogP contribution in [-0.4, -0.2) is 52.8 Å². The monoisotopic (exact) mass is 381 g/mol. The molecule has 2 aliphatic rings. The molecule has 2 aliphatic heterocycles. The highest BCUT2D eigenvalue weighted by Crippen LogP contribution is 2.24. The van der Waals surface area contributed by atoms with E-state index in [2.05, 4.69) is 57.9 Å². The van der Waals surface area contributed by atoms with Crippen LogP contribution in [0.25, 0.3) is 0 Å². The SMILES string of the molecule is CC(c1ccccc1)N1CCC(NC(=O)c2ccn(C3CCCNC3)n2)CC1. The van der Waals surface area contributed by atoms with Gasteiger partial charge in [0.15, 0.2) is 0 Å². The molecular formula is C22H31N5O. The molecule has 0 aliphatic carbocycles. The smallest absolute Gasteiger partial charge is 0.271 e. The number of aromatic nitrogens is 2. The van der Waals surface area contributed by atoms with E-state index in [-0.39, 0.29) is 11.9 Å². The van der Waals surface area contributed by atoms with Crippen LogP contribution >= 0.6 is 0 Å². The molecule has 3 heterocycles. The van der Waals surface area contributed by atoms with Gasteiger partial charge in [0.1, 0.15) is 5.69 Å². The molecule has 28 heavy (non-hydrogen) atoms. The van der Waals surface area contributed by atoms with E-state index in [1.54, 1.807) is 0 Å². The van der Waals surface area contributed by atoms with Crippen molar-refractivity contribution < 1.29 is 4.79 Å². The Morgan fingerprint density at radius 3 is 2.68 bits per heavy atom. The van der Waals surface area contributed by atoms with Gasteiger partial charge >= 0.3 is 0 Å². The predicted molar refractivity (Wildman–Crippen MR) is 110 cm³/mol. The molecule has 2 unspecified atom stereocenters. The number of likely N-dealkylation sites (tertiary alicyclic amines) is 1. The van der Waals surface area contributed by atoms with E-state index in [4.69, 9.17) is 0 Å². The number of nitrogens with zero attached hydrogens (tertiary/aromatic N) is 3. The van der Waals surface area contributed by atoms with E-state index in [0.29, 0.717) is 17.8 Å². The first-order valence-corrected chi connectivity index (χ1v) is 10.6.